The summed E-state index contributed by atoms with van der Waals surface area (Å²) in [7, 11) is -3.94. The number of amides is 1. The Hall–Kier alpha value is -4.21. The highest BCUT2D eigenvalue weighted by molar-refractivity contribution is 7.89. The van der Waals surface area contributed by atoms with Crippen molar-refractivity contribution < 1.29 is 13.2 Å². The summed E-state index contributed by atoms with van der Waals surface area (Å²) in [6, 6.07) is 24.3. The molecule has 5 rings (SSSR count). The molecular formula is C26H23N5O3S. The van der Waals surface area contributed by atoms with Gasteiger partial charge in [0, 0.05) is 29.3 Å². The Bertz CT molecular complexity index is 1690. The molecule has 0 aliphatic rings. The minimum atomic E-state index is -3.94. The van der Waals surface area contributed by atoms with E-state index >= 15 is 0 Å². The van der Waals surface area contributed by atoms with E-state index in [1.165, 1.54) is 0 Å². The second-order valence-electron chi connectivity index (χ2n) is 8.37. The summed E-state index contributed by atoms with van der Waals surface area (Å²) in [5.74, 6) is -0.581. The quantitative estimate of drug-likeness (QED) is 0.381. The van der Waals surface area contributed by atoms with Gasteiger partial charge in [-0.15, -0.1) is 0 Å². The predicted molar refractivity (Wildman–Crippen MR) is 135 cm³/mol. The van der Waals surface area contributed by atoms with Crippen molar-refractivity contribution in [2.75, 3.05) is 0 Å². The lowest BCUT2D eigenvalue weighted by atomic mass is 10.0. The van der Waals surface area contributed by atoms with Gasteiger partial charge in [0.1, 0.15) is 0 Å². The zero-order valence-corrected chi connectivity index (χ0v) is 19.7. The molecule has 4 N–H and O–H groups in total. The van der Waals surface area contributed by atoms with Gasteiger partial charge in [0.25, 0.3) is 5.91 Å². The Morgan fingerprint density at radius 2 is 1.71 bits per heavy atom. The van der Waals surface area contributed by atoms with Gasteiger partial charge in [-0.1, -0.05) is 42.5 Å². The van der Waals surface area contributed by atoms with Crippen molar-refractivity contribution in [1.82, 2.24) is 14.3 Å². The molecule has 0 spiro atoms. The lowest BCUT2D eigenvalue weighted by Gasteiger charge is -2.13. The van der Waals surface area contributed by atoms with Crippen LogP contribution in [0.5, 0.6) is 0 Å². The lowest BCUT2D eigenvalue weighted by Crippen LogP contribution is -2.16. The number of sulfonamides is 1. The third-order valence-electron chi connectivity index (χ3n) is 5.96. The molecule has 8 nitrogen and oxygen atoms in total. The Labute approximate surface area is 202 Å². The third kappa shape index (κ3) is 4.34. The fourth-order valence-corrected chi connectivity index (χ4v) is 5.05. The highest BCUT2D eigenvalue weighted by atomic mass is 32.2. The number of carbonyl (C=O) groups excluding carboxylic acids is 1. The maximum absolute atomic E-state index is 12.4. The fourth-order valence-electron chi connectivity index (χ4n) is 4.26. The van der Waals surface area contributed by atoms with Crippen molar-refractivity contribution in [3.05, 3.63) is 102 Å². The van der Waals surface area contributed by atoms with E-state index in [4.69, 9.17) is 10.9 Å². The van der Waals surface area contributed by atoms with E-state index in [0.29, 0.717) is 12.1 Å². The van der Waals surface area contributed by atoms with Crippen molar-refractivity contribution in [2.45, 2.75) is 18.4 Å². The van der Waals surface area contributed by atoms with Crippen molar-refractivity contribution in [3.8, 4) is 16.8 Å². The maximum atomic E-state index is 12.4. The van der Waals surface area contributed by atoms with Crippen LogP contribution in [0.15, 0.2) is 90.0 Å². The Kier molecular flexibility index (Phi) is 5.50. The lowest BCUT2D eigenvalue weighted by molar-refractivity contribution is 0.0995. The molecule has 35 heavy (non-hydrogen) atoms. The van der Waals surface area contributed by atoms with Crippen molar-refractivity contribution in [1.29, 1.82) is 0 Å². The predicted octanol–water partition coefficient (Wildman–Crippen LogP) is 3.60. The molecule has 2 heterocycles. The van der Waals surface area contributed by atoms with Crippen LogP contribution in [0.1, 0.15) is 21.7 Å². The van der Waals surface area contributed by atoms with E-state index in [0.717, 1.165) is 33.4 Å². The molecule has 9 heteroatoms. The molecule has 0 saturated carbocycles. The smallest absolute Gasteiger partial charge is 0.269 e. The van der Waals surface area contributed by atoms with Gasteiger partial charge >= 0.3 is 0 Å². The topological polar surface area (TPSA) is 126 Å². The minimum absolute atomic E-state index is 0.100. The van der Waals surface area contributed by atoms with Crippen molar-refractivity contribution >= 4 is 26.8 Å². The van der Waals surface area contributed by atoms with Crippen LogP contribution in [0, 0.1) is 6.92 Å². The van der Waals surface area contributed by atoms with Crippen LogP contribution in [0.3, 0.4) is 0 Å². The van der Waals surface area contributed by atoms with Crippen LogP contribution >= 0.6 is 0 Å². The van der Waals surface area contributed by atoms with Crippen LogP contribution in [0.25, 0.3) is 27.7 Å². The summed E-state index contributed by atoms with van der Waals surface area (Å²) in [4.78, 5) is 11.6. The van der Waals surface area contributed by atoms with E-state index in [1.807, 2.05) is 78.4 Å². The Balaban J connectivity index is 1.52. The van der Waals surface area contributed by atoms with Crippen molar-refractivity contribution in [2.24, 2.45) is 10.9 Å². The Morgan fingerprint density at radius 1 is 0.943 bits per heavy atom. The molecule has 0 aliphatic heterocycles. The molecule has 0 bridgehead atoms. The van der Waals surface area contributed by atoms with Crippen LogP contribution < -0.4 is 10.9 Å². The van der Waals surface area contributed by atoms with Crippen LogP contribution in [0.2, 0.25) is 0 Å². The molecule has 0 radical (unpaired) electrons. The number of carbonyl (C=O) groups is 1. The molecule has 176 valence electrons. The number of aryl methyl sites for hydroxylation is 1. The number of nitrogens with two attached hydrogens (primary N) is 2. The summed E-state index contributed by atoms with van der Waals surface area (Å²) in [6.45, 7) is 2.18. The standard InChI is InChI=1S/C26H23N5O3S/c1-17-13-23(26(27)32)29-31(17)22-9-10-24-20(14-22)11-12-30(24)16-21-8-7-19(15-25(21)35(28,33)34)18-5-3-2-4-6-18/h2-15H,16H2,1H3,(H2,27,32)(H2,28,33,34). The minimum Gasteiger partial charge on any atom is -0.364 e. The SMILES string of the molecule is Cc1cc(C(N)=O)nn1-c1ccc2c(ccn2Cc2ccc(-c3ccccc3)cc2S(N)(=O)=O)c1. The van der Waals surface area contributed by atoms with Gasteiger partial charge in [0.2, 0.25) is 10.0 Å². The number of rotatable bonds is 6. The summed E-state index contributed by atoms with van der Waals surface area (Å²) in [5, 5.41) is 10.8. The van der Waals surface area contributed by atoms with Crippen LogP contribution in [-0.4, -0.2) is 28.7 Å². The largest absolute Gasteiger partial charge is 0.364 e. The van der Waals surface area contributed by atoms with Crippen LogP contribution in [0.4, 0.5) is 0 Å². The van der Waals surface area contributed by atoms with Gasteiger partial charge in [-0.2, -0.15) is 5.10 Å². The van der Waals surface area contributed by atoms with Gasteiger partial charge in [-0.25, -0.2) is 18.2 Å². The number of primary amides is 1. The second kappa shape index (κ2) is 8.53. The first-order valence-electron chi connectivity index (χ1n) is 10.9. The molecule has 0 saturated heterocycles. The molecule has 3 aromatic carbocycles. The van der Waals surface area contributed by atoms with E-state index in [2.05, 4.69) is 5.10 Å². The fraction of sp³-hybridized carbons (Fsp3) is 0.0769. The van der Waals surface area contributed by atoms with Gasteiger partial charge in [0.15, 0.2) is 5.69 Å². The number of hydrogen-bond donors (Lipinski definition) is 2. The molecule has 0 aliphatic carbocycles. The molecule has 0 fully saturated rings. The van der Waals surface area contributed by atoms with Gasteiger partial charge in [0.05, 0.1) is 10.6 Å². The average Bonchev–Trinajstić information content (AvgIpc) is 3.42. The number of fused-ring (bicyclic) bond motifs is 1. The monoisotopic (exact) mass is 485 g/mol. The van der Waals surface area contributed by atoms with E-state index in [1.54, 1.807) is 22.9 Å². The molecule has 5 aromatic rings. The molecule has 2 aromatic heterocycles. The first-order chi connectivity index (χ1) is 16.7. The third-order valence-corrected chi connectivity index (χ3v) is 6.95. The highest BCUT2D eigenvalue weighted by Gasteiger charge is 2.17. The van der Waals surface area contributed by atoms with Gasteiger partial charge in [-0.3, -0.25) is 4.79 Å². The molecule has 1 amide bonds. The zero-order valence-electron chi connectivity index (χ0n) is 18.9. The first-order valence-corrected chi connectivity index (χ1v) is 12.4. The van der Waals surface area contributed by atoms with E-state index in [-0.39, 0.29) is 10.6 Å². The van der Waals surface area contributed by atoms with Crippen LogP contribution in [-0.2, 0) is 16.6 Å². The normalized spacial score (nSPS) is 11.7. The zero-order chi connectivity index (χ0) is 24.7. The number of benzene rings is 3. The molecule has 0 unspecified atom stereocenters. The maximum Gasteiger partial charge on any atom is 0.269 e. The summed E-state index contributed by atoms with van der Waals surface area (Å²) >= 11 is 0. The second-order valence-corrected chi connectivity index (χ2v) is 9.90. The van der Waals surface area contributed by atoms with Gasteiger partial charge < -0.3 is 10.3 Å². The number of nitrogens with zero attached hydrogens (tertiary/aromatic N) is 3. The van der Waals surface area contributed by atoms with E-state index < -0.39 is 15.9 Å². The van der Waals surface area contributed by atoms with Gasteiger partial charge in [-0.05, 0) is 60.0 Å². The molecule has 0 atom stereocenters. The van der Waals surface area contributed by atoms with Crippen molar-refractivity contribution in [3.63, 3.8) is 0 Å². The summed E-state index contributed by atoms with van der Waals surface area (Å²) < 4.78 is 28.5. The highest BCUT2D eigenvalue weighted by Crippen LogP contribution is 2.27. The Morgan fingerprint density at radius 3 is 2.40 bits per heavy atom. The summed E-state index contributed by atoms with van der Waals surface area (Å²) in [5.41, 5.74) is 10.3. The number of aromatic nitrogens is 3. The van der Waals surface area contributed by atoms with E-state index in [9.17, 15) is 13.2 Å². The average molecular weight is 486 g/mol. The first kappa shape index (κ1) is 22.6. The number of hydrogen-bond acceptors (Lipinski definition) is 4. The summed E-state index contributed by atoms with van der Waals surface area (Å²) in [6.07, 6.45) is 1.90. The number of primary sulfonamides is 1. The molecular weight excluding hydrogens is 462 g/mol.